The summed E-state index contributed by atoms with van der Waals surface area (Å²) in [5, 5.41) is 9.61. The molecule has 0 spiro atoms. The molecule has 0 N–H and O–H groups in total. The molecule has 0 amide bonds. The Morgan fingerprint density at radius 3 is 1.47 bits per heavy atom. The highest BCUT2D eigenvalue weighted by molar-refractivity contribution is 6.23. The second kappa shape index (κ2) is 11.1. The maximum absolute atomic E-state index is 6.56. The minimum absolute atomic E-state index is 0.905. The van der Waals surface area contributed by atoms with Crippen LogP contribution in [-0.2, 0) is 0 Å². The maximum atomic E-state index is 6.56. The summed E-state index contributed by atoms with van der Waals surface area (Å²) in [6.07, 6.45) is 0. The van der Waals surface area contributed by atoms with Gasteiger partial charge in [-0.2, -0.15) is 0 Å². The van der Waals surface area contributed by atoms with Crippen LogP contribution in [0.2, 0.25) is 0 Å². The van der Waals surface area contributed by atoms with Gasteiger partial charge in [0.05, 0.1) is 0 Å². The molecule has 10 aromatic rings. The molecule has 10 rings (SSSR count). The van der Waals surface area contributed by atoms with E-state index in [4.69, 9.17) is 4.42 Å². The Balaban J connectivity index is 1.26. The lowest BCUT2D eigenvalue weighted by atomic mass is 9.83. The third-order valence-corrected chi connectivity index (χ3v) is 10.0. The summed E-state index contributed by atoms with van der Waals surface area (Å²) < 4.78 is 6.56. The van der Waals surface area contributed by atoms with Crippen LogP contribution in [0, 0.1) is 0 Å². The molecule has 0 aliphatic carbocycles. The SMILES string of the molecule is c1ccc(-c2ccc(-c3ccccc3)c(-c3c4ccccc4c(-c4ccc5c(c4)oc4cc6ccccc6cc45)c4ccccc34)c2)cc1. The number of fused-ring (bicyclic) bond motifs is 6. The quantitative estimate of drug-likeness (QED) is 0.178. The molecule has 0 radical (unpaired) electrons. The highest BCUT2D eigenvalue weighted by Gasteiger charge is 2.20. The lowest BCUT2D eigenvalue weighted by Crippen LogP contribution is -1.93. The van der Waals surface area contributed by atoms with Crippen molar-refractivity contribution in [1.82, 2.24) is 0 Å². The molecule has 228 valence electrons. The second-order valence-electron chi connectivity index (χ2n) is 12.8. The highest BCUT2D eigenvalue weighted by atomic mass is 16.3. The Morgan fingerprint density at radius 1 is 0.265 bits per heavy atom. The molecule has 0 saturated heterocycles. The summed E-state index contributed by atoms with van der Waals surface area (Å²) in [6, 6.07) is 65.8. The smallest absolute Gasteiger partial charge is 0.136 e. The molecule has 49 heavy (non-hydrogen) atoms. The molecular formula is C48H30O. The van der Waals surface area contributed by atoms with Gasteiger partial charge < -0.3 is 4.42 Å². The lowest BCUT2D eigenvalue weighted by Gasteiger charge is -2.20. The molecule has 1 aromatic heterocycles. The van der Waals surface area contributed by atoms with Gasteiger partial charge in [-0.25, -0.2) is 0 Å². The van der Waals surface area contributed by atoms with E-state index in [-0.39, 0.29) is 0 Å². The van der Waals surface area contributed by atoms with Gasteiger partial charge in [0.1, 0.15) is 11.2 Å². The normalized spacial score (nSPS) is 11.7. The van der Waals surface area contributed by atoms with Crippen LogP contribution in [0.3, 0.4) is 0 Å². The molecule has 0 unspecified atom stereocenters. The fourth-order valence-corrected chi connectivity index (χ4v) is 7.78. The van der Waals surface area contributed by atoms with E-state index in [1.807, 2.05) is 0 Å². The van der Waals surface area contributed by atoms with Crippen molar-refractivity contribution < 1.29 is 4.42 Å². The van der Waals surface area contributed by atoms with Gasteiger partial charge in [0, 0.05) is 10.8 Å². The van der Waals surface area contributed by atoms with Crippen LogP contribution in [0.1, 0.15) is 0 Å². The van der Waals surface area contributed by atoms with E-state index >= 15 is 0 Å². The van der Waals surface area contributed by atoms with Crippen molar-refractivity contribution in [2.75, 3.05) is 0 Å². The summed E-state index contributed by atoms with van der Waals surface area (Å²) >= 11 is 0. The summed E-state index contributed by atoms with van der Waals surface area (Å²) in [6.45, 7) is 0. The van der Waals surface area contributed by atoms with Crippen molar-refractivity contribution in [2.45, 2.75) is 0 Å². The van der Waals surface area contributed by atoms with E-state index < -0.39 is 0 Å². The first kappa shape index (κ1) is 27.7. The number of hydrogen-bond donors (Lipinski definition) is 0. The third-order valence-electron chi connectivity index (χ3n) is 10.0. The highest BCUT2D eigenvalue weighted by Crippen LogP contribution is 2.47. The van der Waals surface area contributed by atoms with Crippen LogP contribution in [-0.4, -0.2) is 0 Å². The lowest BCUT2D eigenvalue weighted by molar-refractivity contribution is 0.669. The van der Waals surface area contributed by atoms with E-state index in [0.717, 1.165) is 27.5 Å². The van der Waals surface area contributed by atoms with Gasteiger partial charge in [-0.1, -0.05) is 152 Å². The van der Waals surface area contributed by atoms with Crippen molar-refractivity contribution in [1.29, 1.82) is 0 Å². The zero-order chi connectivity index (χ0) is 32.3. The second-order valence-corrected chi connectivity index (χ2v) is 12.8. The summed E-state index contributed by atoms with van der Waals surface area (Å²) in [5.74, 6) is 0. The average molecular weight is 623 g/mol. The Hall–Kier alpha value is -6.44. The predicted octanol–water partition coefficient (Wildman–Crippen LogP) is 13.7. The van der Waals surface area contributed by atoms with Crippen molar-refractivity contribution in [3.05, 3.63) is 182 Å². The van der Waals surface area contributed by atoms with Gasteiger partial charge in [0.15, 0.2) is 0 Å². The molecule has 0 aliphatic rings. The molecule has 0 atom stereocenters. The van der Waals surface area contributed by atoms with E-state index in [2.05, 4.69) is 182 Å². The molecule has 0 aliphatic heterocycles. The van der Waals surface area contributed by atoms with Crippen molar-refractivity contribution in [3.63, 3.8) is 0 Å². The fraction of sp³-hybridized carbons (Fsp3) is 0. The predicted molar refractivity (Wildman–Crippen MR) is 208 cm³/mol. The van der Waals surface area contributed by atoms with Crippen LogP contribution >= 0.6 is 0 Å². The summed E-state index contributed by atoms with van der Waals surface area (Å²) in [5.41, 5.74) is 11.5. The Morgan fingerprint density at radius 2 is 0.796 bits per heavy atom. The van der Waals surface area contributed by atoms with Gasteiger partial charge in [-0.05, 0) is 107 Å². The minimum atomic E-state index is 0.905. The van der Waals surface area contributed by atoms with Crippen molar-refractivity contribution in [3.8, 4) is 44.5 Å². The van der Waals surface area contributed by atoms with Gasteiger partial charge in [0.2, 0.25) is 0 Å². The average Bonchev–Trinajstić information content (AvgIpc) is 3.53. The first-order valence-electron chi connectivity index (χ1n) is 16.8. The maximum Gasteiger partial charge on any atom is 0.136 e. The molecule has 1 heterocycles. The van der Waals surface area contributed by atoms with Crippen LogP contribution < -0.4 is 0 Å². The zero-order valence-corrected chi connectivity index (χ0v) is 26.7. The number of rotatable bonds is 4. The van der Waals surface area contributed by atoms with E-state index in [0.29, 0.717) is 0 Å². The molecule has 0 saturated carbocycles. The van der Waals surface area contributed by atoms with Gasteiger partial charge in [0.25, 0.3) is 0 Å². The minimum Gasteiger partial charge on any atom is -0.456 e. The first-order valence-corrected chi connectivity index (χ1v) is 16.8. The third kappa shape index (κ3) is 4.47. The number of furan rings is 1. The van der Waals surface area contributed by atoms with Gasteiger partial charge in [-0.3, -0.25) is 0 Å². The van der Waals surface area contributed by atoms with Crippen molar-refractivity contribution >= 4 is 54.3 Å². The van der Waals surface area contributed by atoms with Crippen LogP contribution in [0.4, 0.5) is 0 Å². The molecule has 0 bridgehead atoms. The largest absolute Gasteiger partial charge is 0.456 e. The first-order chi connectivity index (χ1) is 24.3. The monoisotopic (exact) mass is 622 g/mol. The van der Waals surface area contributed by atoms with Crippen LogP contribution in [0.5, 0.6) is 0 Å². The fourth-order valence-electron chi connectivity index (χ4n) is 7.78. The summed E-state index contributed by atoms with van der Waals surface area (Å²) in [7, 11) is 0. The van der Waals surface area contributed by atoms with Gasteiger partial charge >= 0.3 is 0 Å². The van der Waals surface area contributed by atoms with E-state index in [9.17, 15) is 0 Å². The summed E-state index contributed by atoms with van der Waals surface area (Å²) in [4.78, 5) is 0. The van der Waals surface area contributed by atoms with Crippen LogP contribution in [0.25, 0.3) is 98.8 Å². The van der Waals surface area contributed by atoms with E-state index in [1.165, 1.54) is 71.3 Å². The van der Waals surface area contributed by atoms with E-state index in [1.54, 1.807) is 0 Å². The Bertz CT molecular complexity index is 2800. The molecule has 1 heteroatoms. The Labute approximate surface area is 284 Å². The standard InChI is InChI=1S/C48H30O/c1-3-13-31(14-4-1)35-23-25-37(32-15-5-2-6-16-32)44(28-35)48-41-21-11-9-19-39(41)47(40-20-10-12-22-42(40)48)36-24-26-38-43-27-33-17-7-8-18-34(33)29-46(43)49-45(38)30-36/h1-30H. The number of benzene rings is 9. The molecule has 1 nitrogen and oxygen atoms in total. The van der Waals surface area contributed by atoms with Crippen molar-refractivity contribution in [2.24, 2.45) is 0 Å². The molecule has 0 fully saturated rings. The number of hydrogen-bond acceptors (Lipinski definition) is 1. The molecular weight excluding hydrogens is 593 g/mol. The zero-order valence-electron chi connectivity index (χ0n) is 26.7. The topological polar surface area (TPSA) is 13.1 Å². The molecule has 9 aromatic carbocycles. The van der Waals surface area contributed by atoms with Gasteiger partial charge in [-0.15, -0.1) is 0 Å². The van der Waals surface area contributed by atoms with Crippen LogP contribution in [0.15, 0.2) is 186 Å². The Kier molecular flexibility index (Phi) is 6.25.